The molecular formula is C23H22ClN3O4. The third-order valence-corrected chi connectivity index (χ3v) is 7.03. The number of halogens is 1. The fraction of sp³-hybridized carbons (Fsp3) is 0.348. The Morgan fingerprint density at radius 2 is 1.84 bits per heavy atom. The number of likely N-dealkylation sites (tertiary alicyclic amines) is 1. The monoisotopic (exact) mass is 439 g/mol. The molecule has 2 fully saturated rings. The van der Waals surface area contributed by atoms with Crippen molar-refractivity contribution in [3.63, 3.8) is 0 Å². The highest BCUT2D eigenvalue weighted by Crippen LogP contribution is 2.54. The van der Waals surface area contributed by atoms with Crippen LogP contribution < -0.4 is 10.6 Å². The summed E-state index contributed by atoms with van der Waals surface area (Å²) < 4.78 is 0. The first-order chi connectivity index (χ1) is 14.9. The molecule has 3 N–H and O–H groups in total. The van der Waals surface area contributed by atoms with Crippen molar-refractivity contribution >= 4 is 35.0 Å². The second-order valence-electron chi connectivity index (χ2n) is 8.40. The molecule has 31 heavy (non-hydrogen) atoms. The van der Waals surface area contributed by atoms with Crippen LogP contribution in [0.4, 0.5) is 5.69 Å². The lowest BCUT2D eigenvalue weighted by atomic mass is 9.76. The Balaban J connectivity index is 1.56. The number of benzene rings is 2. The fourth-order valence-electron chi connectivity index (χ4n) is 5.30. The second kappa shape index (κ2) is 7.15. The van der Waals surface area contributed by atoms with Crippen molar-refractivity contribution < 1.29 is 19.5 Å². The number of aliphatic hydroxyl groups is 1. The molecule has 2 saturated heterocycles. The van der Waals surface area contributed by atoms with Gasteiger partial charge < -0.3 is 10.4 Å². The largest absolute Gasteiger partial charge is 0.392 e. The van der Waals surface area contributed by atoms with E-state index in [0.29, 0.717) is 22.7 Å². The third-order valence-electron chi connectivity index (χ3n) is 6.71. The number of aliphatic hydroxyl groups excluding tert-OH is 1. The minimum atomic E-state index is -1.44. The van der Waals surface area contributed by atoms with Crippen molar-refractivity contribution in [2.45, 2.75) is 31.0 Å². The van der Waals surface area contributed by atoms with Crippen LogP contribution in [0, 0.1) is 11.8 Å². The van der Waals surface area contributed by atoms with Gasteiger partial charge in [0.25, 0.3) is 0 Å². The Morgan fingerprint density at radius 1 is 1.10 bits per heavy atom. The number of amides is 3. The molecule has 3 amide bonds. The van der Waals surface area contributed by atoms with Gasteiger partial charge in [0.15, 0.2) is 0 Å². The molecule has 1 spiro atoms. The van der Waals surface area contributed by atoms with Crippen molar-refractivity contribution in [3.8, 4) is 0 Å². The van der Waals surface area contributed by atoms with E-state index in [9.17, 15) is 19.5 Å². The number of imide groups is 1. The van der Waals surface area contributed by atoms with E-state index in [4.69, 9.17) is 11.6 Å². The quantitative estimate of drug-likeness (QED) is 0.630. The normalized spacial score (nSPS) is 30.0. The Kier molecular flexibility index (Phi) is 4.66. The van der Waals surface area contributed by atoms with Gasteiger partial charge in [0.05, 0.1) is 28.6 Å². The van der Waals surface area contributed by atoms with Crippen LogP contribution >= 0.6 is 11.6 Å². The van der Waals surface area contributed by atoms with E-state index in [0.717, 1.165) is 5.56 Å². The first-order valence-electron chi connectivity index (χ1n) is 10.3. The molecule has 0 aliphatic carbocycles. The fourth-order valence-corrected chi connectivity index (χ4v) is 5.53. The zero-order valence-electron chi connectivity index (χ0n) is 16.8. The molecule has 2 aromatic rings. The number of para-hydroxylation sites is 1. The molecule has 160 valence electrons. The average molecular weight is 440 g/mol. The van der Waals surface area contributed by atoms with Crippen molar-refractivity contribution in [2.24, 2.45) is 11.8 Å². The summed E-state index contributed by atoms with van der Waals surface area (Å²) in [5.41, 5.74) is 0.542. The summed E-state index contributed by atoms with van der Waals surface area (Å²) in [6.45, 7) is 1.78. The summed E-state index contributed by atoms with van der Waals surface area (Å²) in [7, 11) is 0. The first kappa shape index (κ1) is 20.2. The van der Waals surface area contributed by atoms with Crippen molar-refractivity contribution in [1.82, 2.24) is 10.2 Å². The predicted molar refractivity (Wildman–Crippen MR) is 114 cm³/mol. The van der Waals surface area contributed by atoms with E-state index in [2.05, 4.69) is 10.6 Å². The van der Waals surface area contributed by atoms with Crippen LogP contribution in [-0.4, -0.2) is 46.4 Å². The Morgan fingerprint density at radius 3 is 2.55 bits per heavy atom. The van der Waals surface area contributed by atoms with E-state index >= 15 is 0 Å². The van der Waals surface area contributed by atoms with Gasteiger partial charge in [-0.15, -0.1) is 0 Å². The number of nitrogens with zero attached hydrogens (tertiary/aromatic N) is 1. The van der Waals surface area contributed by atoms with Gasteiger partial charge in [-0.25, -0.2) is 0 Å². The average Bonchev–Trinajstić information content (AvgIpc) is 3.34. The molecule has 3 heterocycles. The minimum absolute atomic E-state index is 0.224. The second-order valence-corrected chi connectivity index (χ2v) is 8.81. The third kappa shape index (κ3) is 2.77. The molecule has 5 rings (SSSR count). The summed E-state index contributed by atoms with van der Waals surface area (Å²) in [6, 6.07) is 14.0. The highest BCUT2D eigenvalue weighted by Gasteiger charge is 2.71. The number of hydrogen-bond donors (Lipinski definition) is 3. The molecule has 3 aliphatic heterocycles. The Bertz CT molecular complexity index is 1090. The zero-order valence-corrected chi connectivity index (χ0v) is 17.6. The number of carbonyl (C=O) groups excluding carboxylic acids is 3. The molecule has 0 radical (unpaired) electrons. The highest BCUT2D eigenvalue weighted by molar-refractivity contribution is 6.35. The van der Waals surface area contributed by atoms with Crippen LogP contribution in [0.15, 0.2) is 48.5 Å². The molecule has 3 aliphatic rings. The summed E-state index contributed by atoms with van der Waals surface area (Å²) in [5, 5.41) is 16.7. The molecule has 8 heteroatoms. The molecule has 0 bridgehead atoms. The van der Waals surface area contributed by atoms with Crippen LogP contribution in [0.2, 0.25) is 5.02 Å². The van der Waals surface area contributed by atoms with Crippen LogP contribution in [0.3, 0.4) is 0 Å². The van der Waals surface area contributed by atoms with Crippen LogP contribution in [-0.2, 0) is 26.3 Å². The van der Waals surface area contributed by atoms with Gasteiger partial charge in [0.1, 0.15) is 5.54 Å². The summed E-state index contributed by atoms with van der Waals surface area (Å²) in [4.78, 5) is 41.4. The number of anilines is 1. The number of fused-ring (bicyclic) bond motifs is 4. The van der Waals surface area contributed by atoms with Gasteiger partial charge in [-0.3, -0.25) is 24.6 Å². The lowest BCUT2D eigenvalue weighted by Crippen LogP contribution is -2.54. The highest BCUT2D eigenvalue weighted by atomic mass is 35.5. The van der Waals surface area contributed by atoms with E-state index < -0.39 is 41.3 Å². The van der Waals surface area contributed by atoms with Crippen molar-refractivity contribution in [2.75, 3.05) is 11.9 Å². The van der Waals surface area contributed by atoms with Gasteiger partial charge >= 0.3 is 0 Å². The Labute approximate surface area is 184 Å². The minimum Gasteiger partial charge on any atom is -0.392 e. The van der Waals surface area contributed by atoms with Gasteiger partial charge in [-0.05, 0) is 25.0 Å². The first-order valence-corrected chi connectivity index (χ1v) is 10.7. The maximum atomic E-state index is 13.6. The predicted octanol–water partition coefficient (Wildman–Crippen LogP) is 1.68. The lowest BCUT2D eigenvalue weighted by Gasteiger charge is -2.30. The van der Waals surface area contributed by atoms with Crippen LogP contribution in [0.5, 0.6) is 0 Å². The van der Waals surface area contributed by atoms with Gasteiger partial charge in [0.2, 0.25) is 17.7 Å². The zero-order chi connectivity index (χ0) is 21.9. The molecule has 7 nitrogen and oxygen atoms in total. The molecule has 5 atom stereocenters. The van der Waals surface area contributed by atoms with Crippen LogP contribution in [0.1, 0.15) is 18.1 Å². The van der Waals surface area contributed by atoms with Crippen molar-refractivity contribution in [1.29, 1.82) is 0 Å². The number of carbonyl (C=O) groups is 3. The molecule has 2 aromatic carbocycles. The maximum absolute atomic E-state index is 13.6. The lowest BCUT2D eigenvalue weighted by molar-refractivity contribution is -0.143. The van der Waals surface area contributed by atoms with E-state index in [1.54, 1.807) is 25.1 Å². The topological polar surface area (TPSA) is 98.7 Å². The SMILES string of the molecule is C[C@@H](O)[C@H]1N[C@]2(C(=O)Nc3c(Cl)cccc32)[C@@H]2C(=O)N(CCc3ccccc3)C(=O)[C@H]12. The van der Waals surface area contributed by atoms with E-state index in [1.165, 1.54) is 4.90 Å². The number of rotatable bonds is 4. The summed E-state index contributed by atoms with van der Waals surface area (Å²) >= 11 is 6.30. The summed E-state index contributed by atoms with van der Waals surface area (Å²) in [6.07, 6.45) is -0.416. The molecular weight excluding hydrogens is 418 g/mol. The molecule has 0 aromatic heterocycles. The van der Waals surface area contributed by atoms with E-state index in [1.807, 2.05) is 30.3 Å². The Hall–Kier alpha value is -2.74. The smallest absolute Gasteiger partial charge is 0.250 e. The van der Waals surface area contributed by atoms with Gasteiger partial charge in [-0.2, -0.15) is 0 Å². The molecule has 0 saturated carbocycles. The van der Waals surface area contributed by atoms with Gasteiger partial charge in [0, 0.05) is 18.2 Å². The number of nitrogens with one attached hydrogen (secondary N) is 2. The van der Waals surface area contributed by atoms with Gasteiger partial charge in [-0.1, -0.05) is 54.1 Å². The standard InChI is InChI=1S/C23H22ClN3O4/c1-12(28)18-16-17(21(30)27(20(16)29)11-10-13-6-3-2-4-7-13)23(26-18)14-8-5-9-15(24)19(14)25-22(23)31/h2-9,12,16-18,26,28H,10-11H2,1H3,(H,25,31)/t12-,16+,17+,18-,23+/m1/s1. The molecule has 0 unspecified atom stereocenters. The van der Waals surface area contributed by atoms with Crippen LogP contribution in [0.25, 0.3) is 0 Å². The number of hydrogen-bond acceptors (Lipinski definition) is 5. The van der Waals surface area contributed by atoms with E-state index in [-0.39, 0.29) is 12.5 Å². The maximum Gasteiger partial charge on any atom is 0.250 e. The summed E-state index contributed by atoms with van der Waals surface area (Å²) in [5.74, 6) is -2.97. The van der Waals surface area contributed by atoms with Crippen molar-refractivity contribution in [3.05, 3.63) is 64.7 Å².